The van der Waals surface area contributed by atoms with Gasteiger partial charge in [0.05, 0.1) is 16.1 Å². The third kappa shape index (κ3) is 2.38. The molecule has 1 heterocycles. The zero-order valence-corrected chi connectivity index (χ0v) is 9.83. The van der Waals surface area contributed by atoms with Crippen molar-refractivity contribution in [2.24, 2.45) is 0 Å². The predicted molar refractivity (Wildman–Crippen MR) is 63.7 cm³/mol. The van der Waals surface area contributed by atoms with Crippen molar-refractivity contribution in [3.05, 3.63) is 52.0 Å². The van der Waals surface area contributed by atoms with E-state index in [4.69, 9.17) is 23.2 Å². The monoisotopic (exact) mass is 256 g/mol. The predicted octanol–water partition coefficient (Wildman–Crippen LogP) is 2.99. The summed E-state index contributed by atoms with van der Waals surface area (Å²) in [5.41, 5.74) is 0.616. The lowest BCUT2D eigenvalue weighted by molar-refractivity contribution is 0.176. The van der Waals surface area contributed by atoms with Gasteiger partial charge < -0.3 is 10.1 Å². The van der Waals surface area contributed by atoms with Crippen LogP contribution < -0.4 is 0 Å². The van der Waals surface area contributed by atoms with Crippen molar-refractivity contribution in [1.82, 2.24) is 9.97 Å². The minimum absolute atomic E-state index is 0.382. The van der Waals surface area contributed by atoms with E-state index in [0.29, 0.717) is 27.9 Å². The van der Waals surface area contributed by atoms with E-state index in [1.54, 1.807) is 30.6 Å². The van der Waals surface area contributed by atoms with Crippen LogP contribution in [0, 0.1) is 0 Å². The molecule has 2 rings (SSSR count). The Hall–Kier alpha value is -1.03. The Morgan fingerprint density at radius 3 is 2.88 bits per heavy atom. The van der Waals surface area contributed by atoms with Gasteiger partial charge in [0.15, 0.2) is 0 Å². The molecule has 1 aromatic heterocycles. The van der Waals surface area contributed by atoms with Gasteiger partial charge in [0.1, 0.15) is 5.82 Å². The van der Waals surface area contributed by atoms with Gasteiger partial charge in [-0.05, 0) is 6.07 Å². The number of hydrogen-bond acceptors (Lipinski definition) is 2. The number of aliphatic hydroxyl groups is 1. The lowest BCUT2D eigenvalue weighted by Gasteiger charge is -2.11. The number of halogens is 2. The van der Waals surface area contributed by atoms with E-state index in [2.05, 4.69) is 9.97 Å². The normalized spacial score (nSPS) is 12.7. The molecule has 0 aliphatic carbocycles. The van der Waals surface area contributed by atoms with Crippen LogP contribution in [0.25, 0.3) is 0 Å². The summed E-state index contributed by atoms with van der Waals surface area (Å²) in [6, 6.07) is 5.20. The molecule has 0 radical (unpaired) electrons. The van der Waals surface area contributed by atoms with Gasteiger partial charge in [-0.25, -0.2) is 4.98 Å². The van der Waals surface area contributed by atoms with Crippen LogP contribution in [0.4, 0.5) is 0 Å². The van der Waals surface area contributed by atoms with Crippen molar-refractivity contribution in [3.63, 3.8) is 0 Å². The van der Waals surface area contributed by atoms with Gasteiger partial charge in [-0.1, -0.05) is 35.3 Å². The Morgan fingerprint density at radius 2 is 2.19 bits per heavy atom. The number of imidazole rings is 1. The molecular weight excluding hydrogens is 247 g/mol. The number of hydrogen-bond donors (Lipinski definition) is 2. The lowest BCUT2D eigenvalue weighted by Crippen LogP contribution is -2.04. The zero-order valence-electron chi connectivity index (χ0n) is 8.32. The highest BCUT2D eigenvalue weighted by molar-refractivity contribution is 6.42. The highest BCUT2D eigenvalue weighted by Crippen LogP contribution is 2.30. The molecule has 1 aromatic carbocycles. The van der Waals surface area contributed by atoms with E-state index in [0.717, 1.165) is 0 Å². The topological polar surface area (TPSA) is 48.9 Å². The summed E-state index contributed by atoms with van der Waals surface area (Å²) in [6.07, 6.45) is 3.02. The van der Waals surface area contributed by atoms with Crippen molar-refractivity contribution < 1.29 is 5.11 Å². The first-order valence-electron chi connectivity index (χ1n) is 4.78. The van der Waals surface area contributed by atoms with Gasteiger partial charge in [-0.15, -0.1) is 0 Å². The number of nitrogens with zero attached hydrogens (tertiary/aromatic N) is 1. The third-order valence-electron chi connectivity index (χ3n) is 2.28. The molecule has 16 heavy (non-hydrogen) atoms. The average Bonchev–Trinajstić information content (AvgIpc) is 2.74. The summed E-state index contributed by atoms with van der Waals surface area (Å²) in [7, 11) is 0. The molecule has 0 aliphatic rings. The summed E-state index contributed by atoms with van der Waals surface area (Å²) in [5.74, 6) is 0.712. The van der Waals surface area contributed by atoms with Gasteiger partial charge in [0.25, 0.3) is 0 Å². The Bertz CT molecular complexity index is 471. The molecule has 1 unspecified atom stereocenters. The van der Waals surface area contributed by atoms with Crippen molar-refractivity contribution in [1.29, 1.82) is 0 Å². The first kappa shape index (κ1) is 11.5. The molecule has 84 valence electrons. The second-order valence-corrected chi connectivity index (χ2v) is 4.18. The molecule has 2 aromatic rings. The summed E-state index contributed by atoms with van der Waals surface area (Å²) in [4.78, 5) is 6.97. The van der Waals surface area contributed by atoms with E-state index < -0.39 is 6.10 Å². The minimum atomic E-state index is -0.711. The fraction of sp³-hybridized carbons (Fsp3) is 0.182. The van der Waals surface area contributed by atoms with Crippen LogP contribution in [-0.4, -0.2) is 15.1 Å². The van der Waals surface area contributed by atoms with Crippen molar-refractivity contribution in [3.8, 4) is 0 Å². The maximum Gasteiger partial charge on any atom is 0.108 e. The van der Waals surface area contributed by atoms with Crippen LogP contribution in [0.2, 0.25) is 10.0 Å². The second-order valence-electron chi connectivity index (χ2n) is 3.40. The third-order valence-corrected chi connectivity index (χ3v) is 3.12. The number of rotatable bonds is 3. The van der Waals surface area contributed by atoms with Crippen LogP contribution in [0.15, 0.2) is 30.6 Å². The van der Waals surface area contributed by atoms with Gasteiger partial charge >= 0.3 is 0 Å². The fourth-order valence-electron chi connectivity index (χ4n) is 1.48. The highest BCUT2D eigenvalue weighted by atomic mass is 35.5. The molecule has 0 fully saturated rings. The fourth-order valence-corrected chi connectivity index (χ4v) is 1.91. The van der Waals surface area contributed by atoms with Gasteiger partial charge in [-0.3, -0.25) is 0 Å². The summed E-state index contributed by atoms with van der Waals surface area (Å²) in [5, 5.41) is 10.8. The Balaban J connectivity index is 2.21. The van der Waals surface area contributed by atoms with Crippen LogP contribution in [-0.2, 0) is 6.42 Å². The molecular formula is C11H10Cl2N2O. The minimum Gasteiger partial charge on any atom is -0.388 e. The van der Waals surface area contributed by atoms with Crippen molar-refractivity contribution in [2.45, 2.75) is 12.5 Å². The standard InChI is InChI=1S/C11H10Cl2N2O/c12-8-3-1-2-7(11(8)13)9(16)6-10-14-4-5-15-10/h1-5,9,16H,6H2,(H,14,15). The second kappa shape index (κ2) is 4.87. The molecule has 0 saturated heterocycles. The number of aromatic amines is 1. The SMILES string of the molecule is OC(Cc1ncc[nH]1)c1cccc(Cl)c1Cl. The van der Waals surface area contributed by atoms with E-state index >= 15 is 0 Å². The highest BCUT2D eigenvalue weighted by Gasteiger charge is 2.14. The number of nitrogens with one attached hydrogen (secondary N) is 1. The van der Waals surface area contributed by atoms with Crippen LogP contribution in [0.5, 0.6) is 0 Å². The summed E-state index contributed by atoms with van der Waals surface area (Å²) < 4.78 is 0. The number of aliphatic hydroxyl groups excluding tert-OH is 1. The average molecular weight is 257 g/mol. The zero-order chi connectivity index (χ0) is 11.5. The first-order chi connectivity index (χ1) is 7.68. The number of benzene rings is 1. The number of H-pyrrole nitrogens is 1. The molecule has 2 N–H and O–H groups in total. The largest absolute Gasteiger partial charge is 0.388 e. The Kier molecular flexibility index (Phi) is 3.49. The number of aromatic nitrogens is 2. The molecule has 3 nitrogen and oxygen atoms in total. The maximum atomic E-state index is 9.99. The van der Waals surface area contributed by atoms with E-state index in [9.17, 15) is 5.11 Å². The first-order valence-corrected chi connectivity index (χ1v) is 5.54. The van der Waals surface area contributed by atoms with Crippen molar-refractivity contribution >= 4 is 23.2 Å². The molecule has 0 spiro atoms. The van der Waals surface area contributed by atoms with E-state index in [1.165, 1.54) is 0 Å². The smallest absolute Gasteiger partial charge is 0.108 e. The maximum absolute atomic E-state index is 9.99. The molecule has 1 atom stereocenters. The van der Waals surface area contributed by atoms with Crippen LogP contribution in [0.1, 0.15) is 17.5 Å². The van der Waals surface area contributed by atoms with E-state index in [1.807, 2.05) is 0 Å². The van der Waals surface area contributed by atoms with Gasteiger partial charge in [-0.2, -0.15) is 0 Å². The quantitative estimate of drug-likeness (QED) is 0.887. The Morgan fingerprint density at radius 1 is 1.38 bits per heavy atom. The van der Waals surface area contributed by atoms with Crippen molar-refractivity contribution in [2.75, 3.05) is 0 Å². The summed E-state index contributed by atoms with van der Waals surface area (Å²) >= 11 is 11.9. The Labute approximate surface area is 103 Å². The molecule has 0 aliphatic heterocycles. The summed E-state index contributed by atoms with van der Waals surface area (Å²) in [6.45, 7) is 0. The van der Waals surface area contributed by atoms with Gasteiger partial charge in [0, 0.05) is 24.4 Å². The molecule has 0 bridgehead atoms. The van der Waals surface area contributed by atoms with Gasteiger partial charge in [0.2, 0.25) is 0 Å². The molecule has 0 saturated carbocycles. The molecule has 5 heteroatoms. The van der Waals surface area contributed by atoms with E-state index in [-0.39, 0.29) is 0 Å². The molecule has 0 amide bonds. The van der Waals surface area contributed by atoms with Crippen LogP contribution >= 0.6 is 23.2 Å². The lowest BCUT2D eigenvalue weighted by atomic mass is 10.1. The van der Waals surface area contributed by atoms with Crippen LogP contribution in [0.3, 0.4) is 0 Å².